The minimum absolute atomic E-state index is 0.584. The van der Waals surface area contributed by atoms with E-state index in [9.17, 15) is 0 Å². The van der Waals surface area contributed by atoms with Gasteiger partial charge in [-0.2, -0.15) is 0 Å². The molecule has 20 heavy (non-hydrogen) atoms. The van der Waals surface area contributed by atoms with Crippen LogP contribution in [0.1, 0.15) is 13.3 Å². The molecule has 0 unspecified atom stereocenters. The minimum atomic E-state index is -2.55. The van der Waals surface area contributed by atoms with Crippen molar-refractivity contribution in [1.29, 1.82) is 0 Å². The number of hydrogen-bond acceptors (Lipinski definition) is 3. The normalized spacial score (nSPS) is 11.1. The molecule has 0 aliphatic heterocycles. The van der Waals surface area contributed by atoms with Crippen LogP contribution in [0.5, 0.6) is 11.5 Å². The number of benzene rings is 2. The molecule has 2 rings (SSSR count). The van der Waals surface area contributed by atoms with Crippen LogP contribution >= 0.6 is 6.19 Å². The summed E-state index contributed by atoms with van der Waals surface area (Å²) in [5.74, 6) is 1.46. The van der Waals surface area contributed by atoms with Gasteiger partial charge in [0.05, 0.1) is 0 Å². The van der Waals surface area contributed by atoms with Crippen LogP contribution < -0.4 is 9.05 Å². The first kappa shape index (κ1) is 15.3. The Bertz CT molecular complexity index is 514. The molecule has 0 aliphatic carbocycles. The Kier molecular flexibility index (Phi) is 5.87. The third-order valence-electron chi connectivity index (χ3n) is 2.37. The molecule has 0 fully saturated rings. The van der Waals surface area contributed by atoms with Crippen LogP contribution in [0.2, 0.25) is 0 Å². The molecule has 0 radical (unpaired) electrons. The van der Waals surface area contributed by atoms with E-state index in [0.29, 0.717) is 6.61 Å². The van der Waals surface area contributed by atoms with Crippen LogP contribution in [0.15, 0.2) is 60.7 Å². The Morgan fingerprint density at radius 2 is 1.30 bits per heavy atom. The fraction of sp³-hybridized carbons (Fsp3) is 0.200. The van der Waals surface area contributed by atoms with Crippen molar-refractivity contribution in [2.75, 3.05) is 6.61 Å². The molecule has 0 bridgehead atoms. The summed E-state index contributed by atoms with van der Waals surface area (Å²) < 4.78 is 17.6. The zero-order valence-corrected chi connectivity index (χ0v) is 13.9. The van der Waals surface area contributed by atoms with Crippen LogP contribution in [0.3, 0.4) is 0 Å². The molecular formula is C15H17O3PSe. The molecule has 0 amide bonds. The van der Waals surface area contributed by atoms with E-state index in [-0.39, 0.29) is 0 Å². The molecule has 0 heterocycles. The maximum absolute atomic E-state index is 5.92. The van der Waals surface area contributed by atoms with Gasteiger partial charge in [-0.3, -0.25) is 0 Å². The van der Waals surface area contributed by atoms with E-state index >= 15 is 0 Å². The Morgan fingerprint density at radius 1 is 0.850 bits per heavy atom. The van der Waals surface area contributed by atoms with Crippen molar-refractivity contribution in [3.63, 3.8) is 0 Å². The Labute approximate surface area is 127 Å². The zero-order chi connectivity index (χ0) is 14.3. The summed E-state index contributed by atoms with van der Waals surface area (Å²) in [4.78, 5) is 0. The predicted octanol–water partition coefficient (Wildman–Crippen LogP) is 4.42. The van der Waals surface area contributed by atoms with Gasteiger partial charge in [0.15, 0.2) is 0 Å². The number of para-hydroxylation sites is 2. The van der Waals surface area contributed by atoms with E-state index in [4.69, 9.17) is 13.6 Å². The topological polar surface area (TPSA) is 27.7 Å². The standard InChI is InChI=1S/C15H17O3PSe/c1-2-13-16-19(20,17-14-9-5-3-6-10-14)18-15-11-7-4-8-12-15/h3-12H,2,13H2,1H3. The van der Waals surface area contributed by atoms with E-state index in [1.807, 2.05) is 60.7 Å². The monoisotopic (exact) mass is 356 g/mol. The molecule has 0 N–H and O–H groups in total. The fourth-order valence-electron chi connectivity index (χ4n) is 1.50. The van der Waals surface area contributed by atoms with Crippen LogP contribution in [0, 0.1) is 0 Å². The average Bonchev–Trinajstić information content (AvgIpc) is 2.47. The van der Waals surface area contributed by atoms with Gasteiger partial charge in [0, 0.05) is 0 Å². The first-order chi connectivity index (χ1) is 9.72. The van der Waals surface area contributed by atoms with E-state index in [1.54, 1.807) is 0 Å². The molecule has 106 valence electrons. The van der Waals surface area contributed by atoms with Gasteiger partial charge in [0.1, 0.15) is 0 Å². The summed E-state index contributed by atoms with van der Waals surface area (Å²) in [6.45, 7) is 2.63. The molecule has 0 aliphatic rings. The molecule has 0 saturated heterocycles. The maximum atomic E-state index is 5.92. The van der Waals surface area contributed by atoms with Crippen molar-refractivity contribution in [3.8, 4) is 11.5 Å². The molecule has 0 atom stereocenters. The second kappa shape index (κ2) is 7.66. The van der Waals surface area contributed by atoms with Gasteiger partial charge >= 0.3 is 127 Å². The second-order valence-corrected chi connectivity index (χ2v) is 8.42. The first-order valence-electron chi connectivity index (χ1n) is 6.46. The average molecular weight is 355 g/mol. The van der Waals surface area contributed by atoms with Crippen LogP contribution in [-0.4, -0.2) is 21.7 Å². The summed E-state index contributed by atoms with van der Waals surface area (Å²) in [6, 6.07) is 19.1. The molecular weight excluding hydrogens is 338 g/mol. The van der Waals surface area contributed by atoms with Crippen LogP contribution in [0.4, 0.5) is 0 Å². The van der Waals surface area contributed by atoms with Gasteiger partial charge in [-0.1, -0.05) is 0 Å². The van der Waals surface area contributed by atoms with Crippen molar-refractivity contribution in [1.82, 2.24) is 0 Å². The molecule has 3 nitrogen and oxygen atoms in total. The SMILES string of the molecule is CCCOP(=[Se])(Oc1ccccc1)Oc1ccccc1. The van der Waals surface area contributed by atoms with Crippen LogP contribution in [0.25, 0.3) is 0 Å². The van der Waals surface area contributed by atoms with Crippen molar-refractivity contribution in [2.24, 2.45) is 0 Å². The van der Waals surface area contributed by atoms with Gasteiger partial charge in [0.2, 0.25) is 0 Å². The fourth-order valence-corrected chi connectivity index (χ4v) is 4.36. The predicted molar refractivity (Wildman–Crippen MR) is 83.1 cm³/mol. The van der Waals surface area contributed by atoms with Gasteiger partial charge < -0.3 is 0 Å². The summed E-state index contributed by atoms with van der Waals surface area (Å²) in [7, 11) is 0. The van der Waals surface area contributed by atoms with Crippen molar-refractivity contribution >= 4 is 21.3 Å². The van der Waals surface area contributed by atoms with Crippen molar-refractivity contribution in [2.45, 2.75) is 13.3 Å². The van der Waals surface area contributed by atoms with Gasteiger partial charge in [-0.05, 0) is 0 Å². The van der Waals surface area contributed by atoms with Gasteiger partial charge in [0.25, 0.3) is 0 Å². The van der Waals surface area contributed by atoms with E-state index < -0.39 is 6.19 Å². The first-order valence-corrected chi connectivity index (χ1v) is 10.2. The molecule has 2 aromatic rings. The third-order valence-corrected chi connectivity index (χ3v) is 5.34. The molecule has 2 aromatic carbocycles. The Morgan fingerprint density at radius 3 is 1.70 bits per heavy atom. The second-order valence-electron chi connectivity index (χ2n) is 4.09. The Hall–Kier alpha value is -1.05. The summed E-state index contributed by atoms with van der Waals surface area (Å²) >= 11 is 2.97. The summed E-state index contributed by atoms with van der Waals surface area (Å²) in [5, 5.41) is 0. The van der Waals surface area contributed by atoms with Gasteiger partial charge in [-0.15, -0.1) is 0 Å². The van der Waals surface area contributed by atoms with Crippen LogP contribution in [-0.2, 0) is 4.52 Å². The summed E-state index contributed by atoms with van der Waals surface area (Å²) in [6.07, 6.45) is -1.65. The number of rotatable bonds is 7. The zero-order valence-electron chi connectivity index (χ0n) is 11.3. The molecule has 5 heteroatoms. The third kappa shape index (κ3) is 4.81. The van der Waals surface area contributed by atoms with Gasteiger partial charge in [-0.25, -0.2) is 0 Å². The van der Waals surface area contributed by atoms with E-state index in [0.717, 1.165) is 17.9 Å². The molecule has 0 saturated carbocycles. The van der Waals surface area contributed by atoms with E-state index in [1.165, 1.54) is 0 Å². The molecule has 0 spiro atoms. The molecule has 0 aromatic heterocycles. The Balaban J connectivity index is 2.15. The number of hydrogen-bond donors (Lipinski definition) is 0. The summed E-state index contributed by atoms with van der Waals surface area (Å²) in [5.41, 5.74) is 0. The quantitative estimate of drug-likeness (QED) is 0.544. The van der Waals surface area contributed by atoms with Crippen molar-refractivity contribution in [3.05, 3.63) is 60.7 Å². The van der Waals surface area contributed by atoms with Crippen molar-refractivity contribution < 1.29 is 13.6 Å². The van der Waals surface area contributed by atoms with E-state index in [2.05, 4.69) is 22.0 Å².